The SMILES string of the molecule is O=C(COC(=O)[C@H]1CC(=O)N(NC(=O)c2ccc(Cl)c(Cl)c2)C1)Nc1ccc(Cl)c(Cl)c1. The number of ether oxygens (including phenoxy) is 1. The Balaban J connectivity index is 1.49. The number of hydrazine groups is 1. The second-order valence-electron chi connectivity index (χ2n) is 6.76. The number of halogens is 4. The van der Waals surface area contributed by atoms with Crippen LogP contribution < -0.4 is 10.7 Å². The molecule has 8 nitrogen and oxygen atoms in total. The molecule has 1 atom stereocenters. The zero-order valence-electron chi connectivity index (χ0n) is 16.2. The van der Waals surface area contributed by atoms with Crippen molar-refractivity contribution in [2.75, 3.05) is 18.5 Å². The Hall–Kier alpha value is -2.52. The van der Waals surface area contributed by atoms with E-state index in [2.05, 4.69) is 10.7 Å². The molecule has 0 unspecified atom stereocenters. The van der Waals surface area contributed by atoms with Crippen LogP contribution in [0.25, 0.3) is 0 Å². The Kier molecular flexibility index (Phi) is 7.84. The van der Waals surface area contributed by atoms with E-state index in [0.29, 0.717) is 10.7 Å². The fourth-order valence-electron chi connectivity index (χ4n) is 2.82. The molecule has 0 radical (unpaired) electrons. The number of anilines is 1. The summed E-state index contributed by atoms with van der Waals surface area (Å²) in [5.74, 6) is -3.23. The van der Waals surface area contributed by atoms with Crippen molar-refractivity contribution in [3.05, 3.63) is 62.1 Å². The van der Waals surface area contributed by atoms with Crippen LogP contribution in [0.5, 0.6) is 0 Å². The average molecular weight is 519 g/mol. The predicted molar refractivity (Wildman–Crippen MR) is 120 cm³/mol. The van der Waals surface area contributed by atoms with Crippen LogP contribution >= 0.6 is 46.4 Å². The number of hydrogen-bond donors (Lipinski definition) is 2. The van der Waals surface area contributed by atoms with E-state index in [1.54, 1.807) is 0 Å². The molecule has 2 N–H and O–H groups in total. The zero-order valence-corrected chi connectivity index (χ0v) is 19.2. The number of benzene rings is 2. The van der Waals surface area contributed by atoms with Gasteiger partial charge in [-0.1, -0.05) is 46.4 Å². The van der Waals surface area contributed by atoms with Crippen molar-refractivity contribution in [2.24, 2.45) is 5.92 Å². The van der Waals surface area contributed by atoms with Gasteiger partial charge in [-0.3, -0.25) is 29.6 Å². The largest absolute Gasteiger partial charge is 0.455 e. The molecule has 32 heavy (non-hydrogen) atoms. The molecule has 1 aliphatic heterocycles. The van der Waals surface area contributed by atoms with E-state index in [1.165, 1.54) is 36.4 Å². The smallest absolute Gasteiger partial charge is 0.311 e. The second-order valence-corrected chi connectivity index (χ2v) is 8.39. The molecular formula is C20H15Cl4N3O5. The maximum atomic E-state index is 12.3. The summed E-state index contributed by atoms with van der Waals surface area (Å²) in [5, 5.41) is 4.59. The molecule has 1 aliphatic rings. The van der Waals surface area contributed by atoms with Gasteiger partial charge in [0.25, 0.3) is 11.8 Å². The molecule has 0 aromatic heterocycles. The lowest BCUT2D eigenvalue weighted by Crippen LogP contribution is -2.43. The van der Waals surface area contributed by atoms with Crippen LogP contribution in [0.3, 0.4) is 0 Å². The average Bonchev–Trinajstić information content (AvgIpc) is 3.11. The maximum Gasteiger partial charge on any atom is 0.311 e. The van der Waals surface area contributed by atoms with Crippen molar-refractivity contribution in [3.63, 3.8) is 0 Å². The minimum absolute atomic E-state index is 0.0981. The molecule has 1 fully saturated rings. The molecule has 2 aromatic rings. The van der Waals surface area contributed by atoms with Crippen molar-refractivity contribution in [3.8, 4) is 0 Å². The van der Waals surface area contributed by atoms with Crippen molar-refractivity contribution < 1.29 is 23.9 Å². The van der Waals surface area contributed by atoms with Gasteiger partial charge in [0, 0.05) is 17.7 Å². The van der Waals surface area contributed by atoms with E-state index in [9.17, 15) is 19.2 Å². The number of nitrogens with zero attached hydrogens (tertiary/aromatic N) is 1. The lowest BCUT2D eigenvalue weighted by Gasteiger charge is -2.17. The van der Waals surface area contributed by atoms with Gasteiger partial charge in [0.15, 0.2) is 6.61 Å². The predicted octanol–water partition coefficient (Wildman–Crippen LogP) is 3.98. The molecule has 12 heteroatoms. The molecule has 1 saturated heterocycles. The fraction of sp³-hybridized carbons (Fsp3) is 0.200. The number of carbonyl (C=O) groups excluding carboxylic acids is 4. The number of hydrogen-bond acceptors (Lipinski definition) is 5. The topological polar surface area (TPSA) is 105 Å². The Labute approximate surface area is 202 Å². The highest BCUT2D eigenvalue weighted by molar-refractivity contribution is 6.42. The van der Waals surface area contributed by atoms with Crippen molar-refractivity contribution >= 4 is 75.8 Å². The van der Waals surface area contributed by atoms with E-state index in [-0.39, 0.29) is 33.6 Å². The molecular weight excluding hydrogens is 504 g/mol. The lowest BCUT2D eigenvalue weighted by molar-refractivity contribution is -0.151. The van der Waals surface area contributed by atoms with Gasteiger partial charge in [-0.25, -0.2) is 0 Å². The van der Waals surface area contributed by atoms with Gasteiger partial charge in [0.2, 0.25) is 5.91 Å². The number of carbonyl (C=O) groups is 4. The van der Waals surface area contributed by atoms with E-state index >= 15 is 0 Å². The number of esters is 1. The number of amides is 3. The first-order valence-electron chi connectivity index (χ1n) is 9.12. The van der Waals surface area contributed by atoms with Crippen LogP contribution in [-0.4, -0.2) is 41.9 Å². The summed E-state index contributed by atoms with van der Waals surface area (Å²) < 4.78 is 5.00. The lowest BCUT2D eigenvalue weighted by atomic mass is 10.1. The molecule has 1 heterocycles. The molecule has 0 aliphatic carbocycles. The van der Waals surface area contributed by atoms with E-state index in [4.69, 9.17) is 51.1 Å². The minimum atomic E-state index is -0.839. The van der Waals surface area contributed by atoms with Gasteiger partial charge >= 0.3 is 5.97 Å². The zero-order chi connectivity index (χ0) is 23.4. The standard InChI is InChI=1S/C20H15Cl4N3O5/c21-13-3-1-10(5-15(13)23)19(30)26-27-8-11(6-18(27)29)20(31)32-9-17(28)25-12-2-4-14(22)16(24)7-12/h1-5,7,11H,6,8-9H2,(H,25,28)(H,26,30)/t11-/m0/s1. The van der Waals surface area contributed by atoms with Crippen LogP contribution in [0.2, 0.25) is 20.1 Å². The van der Waals surface area contributed by atoms with Gasteiger partial charge in [-0.2, -0.15) is 0 Å². The van der Waals surface area contributed by atoms with Crippen molar-refractivity contribution in [2.45, 2.75) is 6.42 Å². The van der Waals surface area contributed by atoms with E-state index < -0.39 is 36.2 Å². The summed E-state index contributed by atoms with van der Waals surface area (Å²) in [6.07, 6.45) is -0.172. The third-order valence-electron chi connectivity index (χ3n) is 4.43. The highest BCUT2D eigenvalue weighted by Crippen LogP contribution is 2.25. The van der Waals surface area contributed by atoms with Gasteiger partial charge in [-0.15, -0.1) is 0 Å². The van der Waals surface area contributed by atoms with Crippen LogP contribution in [0.1, 0.15) is 16.8 Å². The number of nitrogens with one attached hydrogen (secondary N) is 2. The van der Waals surface area contributed by atoms with Crippen LogP contribution in [-0.2, 0) is 19.1 Å². The highest BCUT2D eigenvalue weighted by Gasteiger charge is 2.36. The molecule has 3 rings (SSSR count). The van der Waals surface area contributed by atoms with Crippen LogP contribution in [0, 0.1) is 5.92 Å². The van der Waals surface area contributed by atoms with Crippen LogP contribution in [0.4, 0.5) is 5.69 Å². The Morgan fingerprint density at radius 3 is 2.28 bits per heavy atom. The molecule has 0 bridgehead atoms. The Morgan fingerprint density at radius 2 is 1.62 bits per heavy atom. The van der Waals surface area contributed by atoms with Crippen molar-refractivity contribution in [1.82, 2.24) is 10.4 Å². The second kappa shape index (κ2) is 10.4. The van der Waals surface area contributed by atoms with E-state index in [1.807, 2.05) is 0 Å². The summed E-state index contributed by atoms with van der Waals surface area (Å²) in [6.45, 7) is -0.654. The molecule has 168 valence electrons. The maximum absolute atomic E-state index is 12.3. The van der Waals surface area contributed by atoms with Gasteiger partial charge in [-0.05, 0) is 36.4 Å². The summed E-state index contributed by atoms with van der Waals surface area (Å²) in [7, 11) is 0. The molecule has 3 amide bonds. The Bertz CT molecular complexity index is 1090. The van der Waals surface area contributed by atoms with Gasteiger partial charge < -0.3 is 10.1 Å². The van der Waals surface area contributed by atoms with Crippen molar-refractivity contribution in [1.29, 1.82) is 0 Å². The first-order chi connectivity index (χ1) is 15.1. The molecule has 2 aromatic carbocycles. The summed E-state index contributed by atoms with van der Waals surface area (Å²) in [4.78, 5) is 48.8. The molecule has 0 saturated carbocycles. The summed E-state index contributed by atoms with van der Waals surface area (Å²) in [5.41, 5.74) is 2.99. The molecule has 0 spiro atoms. The highest BCUT2D eigenvalue weighted by atomic mass is 35.5. The fourth-order valence-corrected chi connectivity index (χ4v) is 3.42. The van der Waals surface area contributed by atoms with Gasteiger partial charge in [0.1, 0.15) is 0 Å². The quantitative estimate of drug-likeness (QED) is 0.563. The third-order valence-corrected chi connectivity index (χ3v) is 5.90. The normalized spacial score (nSPS) is 15.4. The number of rotatable bonds is 6. The third kappa shape index (κ3) is 6.04. The Morgan fingerprint density at radius 1 is 0.969 bits per heavy atom. The van der Waals surface area contributed by atoms with Crippen LogP contribution in [0.15, 0.2) is 36.4 Å². The monoisotopic (exact) mass is 517 g/mol. The van der Waals surface area contributed by atoms with E-state index in [0.717, 1.165) is 5.01 Å². The summed E-state index contributed by atoms with van der Waals surface area (Å²) in [6, 6.07) is 8.76. The first-order valence-corrected chi connectivity index (χ1v) is 10.6. The van der Waals surface area contributed by atoms with Gasteiger partial charge in [0.05, 0.1) is 32.6 Å². The summed E-state index contributed by atoms with van der Waals surface area (Å²) >= 11 is 23.4. The minimum Gasteiger partial charge on any atom is -0.455 e. The first kappa shape index (κ1) is 24.1.